The molecule has 0 aliphatic heterocycles. The fourth-order valence-electron chi connectivity index (χ4n) is 2.30. The van der Waals surface area contributed by atoms with Crippen molar-refractivity contribution in [3.8, 4) is 17.1 Å². The van der Waals surface area contributed by atoms with E-state index in [4.69, 9.17) is 9.26 Å². The maximum atomic E-state index is 5.79. The summed E-state index contributed by atoms with van der Waals surface area (Å²) in [4.78, 5) is 8.67. The van der Waals surface area contributed by atoms with Gasteiger partial charge in [0.2, 0.25) is 11.7 Å². The van der Waals surface area contributed by atoms with Gasteiger partial charge in [0.1, 0.15) is 5.75 Å². The molecule has 24 heavy (non-hydrogen) atoms. The van der Waals surface area contributed by atoms with Crippen molar-refractivity contribution < 1.29 is 9.26 Å². The van der Waals surface area contributed by atoms with Gasteiger partial charge >= 0.3 is 0 Å². The lowest BCUT2D eigenvalue weighted by atomic mass is 10.1. The van der Waals surface area contributed by atoms with E-state index in [9.17, 15) is 0 Å². The second-order valence-corrected chi connectivity index (χ2v) is 6.40. The molecule has 0 N–H and O–H groups in total. The van der Waals surface area contributed by atoms with E-state index in [0.29, 0.717) is 24.7 Å². The average Bonchev–Trinajstić information content (AvgIpc) is 3.04. The first-order valence-electron chi connectivity index (χ1n) is 7.82. The van der Waals surface area contributed by atoms with Gasteiger partial charge in [0.15, 0.2) is 0 Å². The molecule has 0 atom stereocenters. The van der Waals surface area contributed by atoms with Crippen molar-refractivity contribution in [3.05, 3.63) is 58.1 Å². The Hall–Kier alpha value is -2.21. The second kappa shape index (κ2) is 7.57. The monoisotopic (exact) mass is 387 g/mol. The van der Waals surface area contributed by atoms with E-state index >= 15 is 0 Å². The molecule has 0 fully saturated rings. The summed E-state index contributed by atoms with van der Waals surface area (Å²) < 4.78 is 12.1. The summed E-state index contributed by atoms with van der Waals surface area (Å²) in [5, 5.41) is 4.11. The summed E-state index contributed by atoms with van der Waals surface area (Å²) in [7, 11) is 0. The number of pyridine rings is 1. The number of aryl methyl sites for hydroxylation is 1. The van der Waals surface area contributed by atoms with Crippen LogP contribution < -0.4 is 4.74 Å². The highest BCUT2D eigenvalue weighted by Gasteiger charge is 2.15. The summed E-state index contributed by atoms with van der Waals surface area (Å²) in [6.07, 6.45) is 5.10. The smallest absolute Gasteiger partial charge is 0.231 e. The highest BCUT2D eigenvalue weighted by molar-refractivity contribution is 9.10. The van der Waals surface area contributed by atoms with Gasteiger partial charge < -0.3 is 9.26 Å². The third-order valence-electron chi connectivity index (χ3n) is 3.60. The highest BCUT2D eigenvalue weighted by Crippen LogP contribution is 2.31. The zero-order chi connectivity index (χ0) is 16.9. The van der Waals surface area contributed by atoms with Gasteiger partial charge in [-0.15, -0.1) is 0 Å². The van der Waals surface area contributed by atoms with Gasteiger partial charge in [-0.3, -0.25) is 4.98 Å². The molecule has 0 saturated carbocycles. The molecule has 0 bridgehead atoms. The average molecular weight is 388 g/mol. The minimum absolute atomic E-state index is 0.527. The predicted octanol–water partition coefficient (Wildman–Crippen LogP) is 4.58. The first kappa shape index (κ1) is 16.6. The number of hydrogen-bond donors (Lipinski definition) is 0. The Balaban J connectivity index is 1.88. The van der Waals surface area contributed by atoms with E-state index in [0.717, 1.165) is 33.3 Å². The van der Waals surface area contributed by atoms with Crippen molar-refractivity contribution in [1.82, 2.24) is 15.1 Å². The predicted molar refractivity (Wildman–Crippen MR) is 95.0 cm³/mol. The molecule has 6 heteroatoms. The summed E-state index contributed by atoms with van der Waals surface area (Å²) in [5.74, 6) is 1.84. The SMILES string of the molecule is CCCOc1ccc(Br)cc1-c1noc(Cc2cnccc2C)n1. The Morgan fingerprint density at radius 3 is 2.92 bits per heavy atom. The van der Waals surface area contributed by atoms with Crippen LogP contribution in [0.2, 0.25) is 0 Å². The van der Waals surface area contributed by atoms with Gasteiger partial charge in [0, 0.05) is 16.9 Å². The third kappa shape index (κ3) is 3.82. The maximum Gasteiger partial charge on any atom is 0.231 e. The molecule has 2 aromatic heterocycles. The van der Waals surface area contributed by atoms with Crippen molar-refractivity contribution in [2.45, 2.75) is 26.7 Å². The van der Waals surface area contributed by atoms with Crippen LogP contribution in [0.5, 0.6) is 5.75 Å². The molecule has 5 nitrogen and oxygen atoms in total. The van der Waals surface area contributed by atoms with Crippen molar-refractivity contribution in [2.24, 2.45) is 0 Å². The molecular weight excluding hydrogens is 370 g/mol. The fourth-order valence-corrected chi connectivity index (χ4v) is 2.66. The minimum atomic E-state index is 0.527. The van der Waals surface area contributed by atoms with Gasteiger partial charge in [-0.05, 0) is 48.7 Å². The van der Waals surface area contributed by atoms with Gasteiger partial charge in [-0.1, -0.05) is 28.0 Å². The van der Waals surface area contributed by atoms with Crippen molar-refractivity contribution >= 4 is 15.9 Å². The molecule has 0 radical (unpaired) electrons. The van der Waals surface area contributed by atoms with Crippen LogP contribution in [0.1, 0.15) is 30.4 Å². The maximum absolute atomic E-state index is 5.79. The Kier molecular flexibility index (Phi) is 5.25. The lowest BCUT2D eigenvalue weighted by Crippen LogP contribution is -1.98. The quantitative estimate of drug-likeness (QED) is 0.619. The molecule has 0 aliphatic rings. The van der Waals surface area contributed by atoms with Crippen LogP contribution in [0.4, 0.5) is 0 Å². The second-order valence-electron chi connectivity index (χ2n) is 5.48. The van der Waals surface area contributed by atoms with Crippen molar-refractivity contribution in [2.75, 3.05) is 6.61 Å². The molecule has 0 amide bonds. The highest BCUT2D eigenvalue weighted by atomic mass is 79.9. The van der Waals surface area contributed by atoms with E-state index in [1.54, 1.807) is 6.20 Å². The van der Waals surface area contributed by atoms with Gasteiger partial charge in [-0.2, -0.15) is 4.98 Å². The van der Waals surface area contributed by atoms with Gasteiger partial charge in [-0.25, -0.2) is 0 Å². The fraction of sp³-hybridized carbons (Fsp3) is 0.278. The van der Waals surface area contributed by atoms with Crippen LogP contribution >= 0.6 is 15.9 Å². The normalized spacial score (nSPS) is 10.8. The van der Waals surface area contributed by atoms with Crippen LogP contribution in [0, 0.1) is 6.92 Å². The number of hydrogen-bond acceptors (Lipinski definition) is 5. The summed E-state index contributed by atoms with van der Waals surface area (Å²) >= 11 is 3.48. The lowest BCUT2D eigenvalue weighted by Gasteiger charge is -2.08. The van der Waals surface area contributed by atoms with Crippen molar-refractivity contribution in [3.63, 3.8) is 0 Å². The summed E-state index contributed by atoms with van der Waals surface area (Å²) in [6.45, 7) is 4.76. The standard InChI is InChI=1S/C18H18BrN3O2/c1-3-8-23-16-5-4-14(19)10-15(16)18-21-17(24-22-18)9-13-11-20-7-6-12(13)2/h4-7,10-11H,3,8-9H2,1-2H3. The molecule has 3 aromatic rings. The number of nitrogens with zero attached hydrogens (tertiary/aromatic N) is 3. The first-order valence-corrected chi connectivity index (χ1v) is 8.61. The van der Waals surface area contributed by atoms with E-state index in [-0.39, 0.29) is 0 Å². The topological polar surface area (TPSA) is 61.0 Å². The molecular formula is C18H18BrN3O2. The van der Waals surface area contributed by atoms with Crippen LogP contribution in [0.15, 0.2) is 45.7 Å². The molecule has 0 unspecified atom stereocenters. The molecule has 124 valence electrons. The summed E-state index contributed by atoms with van der Waals surface area (Å²) in [6, 6.07) is 7.76. The Morgan fingerprint density at radius 1 is 1.25 bits per heavy atom. The largest absolute Gasteiger partial charge is 0.493 e. The van der Waals surface area contributed by atoms with Crippen LogP contribution in [-0.2, 0) is 6.42 Å². The lowest BCUT2D eigenvalue weighted by molar-refractivity contribution is 0.318. The van der Waals surface area contributed by atoms with Gasteiger partial charge in [0.05, 0.1) is 18.6 Å². The Labute approximate surface area is 149 Å². The van der Waals surface area contributed by atoms with E-state index in [2.05, 4.69) is 38.0 Å². The zero-order valence-corrected chi connectivity index (χ0v) is 15.2. The Morgan fingerprint density at radius 2 is 2.12 bits per heavy atom. The number of benzene rings is 1. The van der Waals surface area contributed by atoms with Crippen LogP contribution in [-0.4, -0.2) is 21.7 Å². The number of halogens is 1. The third-order valence-corrected chi connectivity index (χ3v) is 4.09. The zero-order valence-electron chi connectivity index (χ0n) is 13.6. The molecule has 0 saturated heterocycles. The van der Waals surface area contributed by atoms with Crippen molar-refractivity contribution in [1.29, 1.82) is 0 Å². The molecule has 1 aromatic carbocycles. The van der Waals surface area contributed by atoms with E-state index in [1.807, 2.05) is 37.4 Å². The van der Waals surface area contributed by atoms with Crippen LogP contribution in [0.25, 0.3) is 11.4 Å². The number of aromatic nitrogens is 3. The molecule has 0 aliphatic carbocycles. The van der Waals surface area contributed by atoms with Gasteiger partial charge in [0.25, 0.3) is 0 Å². The number of ether oxygens (including phenoxy) is 1. The first-order chi connectivity index (χ1) is 11.7. The minimum Gasteiger partial charge on any atom is -0.493 e. The number of rotatable bonds is 6. The summed E-state index contributed by atoms with van der Waals surface area (Å²) in [5.41, 5.74) is 3.04. The van der Waals surface area contributed by atoms with E-state index < -0.39 is 0 Å². The van der Waals surface area contributed by atoms with Crippen LogP contribution in [0.3, 0.4) is 0 Å². The van der Waals surface area contributed by atoms with E-state index in [1.165, 1.54) is 0 Å². The molecule has 0 spiro atoms. The Bertz CT molecular complexity index is 833. The molecule has 2 heterocycles. The molecule has 3 rings (SSSR count).